The number of carbonyl (C=O) groups is 3. The highest BCUT2D eigenvalue weighted by Gasteiger charge is 2.59. The van der Waals surface area contributed by atoms with E-state index in [0.29, 0.717) is 20.5 Å². The monoisotopic (exact) mass is 529 g/mol. The van der Waals surface area contributed by atoms with Crippen LogP contribution in [0.3, 0.4) is 0 Å². The van der Waals surface area contributed by atoms with E-state index in [1.165, 1.54) is 27.6 Å². The third kappa shape index (κ3) is 4.28. The molecule has 6 nitrogen and oxygen atoms in total. The summed E-state index contributed by atoms with van der Waals surface area (Å²) in [5.41, 5.74) is 1.59. The Kier molecular flexibility index (Phi) is 6.46. The van der Waals surface area contributed by atoms with Gasteiger partial charge >= 0.3 is 5.97 Å². The first-order chi connectivity index (χ1) is 16.8. The van der Waals surface area contributed by atoms with Crippen molar-refractivity contribution in [3.63, 3.8) is 0 Å². The third-order valence-electron chi connectivity index (χ3n) is 6.87. The number of ketones is 1. The zero-order valence-electron chi connectivity index (χ0n) is 19.1. The molecule has 0 bridgehead atoms. The van der Waals surface area contributed by atoms with Crippen molar-refractivity contribution in [1.29, 1.82) is 0 Å². The number of hydrogen-bond acceptors (Lipinski definition) is 6. The molecule has 3 heterocycles. The molecule has 4 atom stereocenters. The van der Waals surface area contributed by atoms with E-state index >= 15 is 0 Å². The summed E-state index contributed by atoms with van der Waals surface area (Å²) in [4.78, 5) is 43.4. The van der Waals surface area contributed by atoms with Crippen molar-refractivity contribution < 1.29 is 24.2 Å². The first-order valence-corrected chi connectivity index (χ1v) is 13.4. The normalized spacial score (nSPS) is 23.9. The largest absolute Gasteiger partial charge is 0.497 e. The van der Waals surface area contributed by atoms with Crippen LogP contribution < -0.4 is 4.74 Å². The Morgan fingerprint density at radius 3 is 2.49 bits per heavy atom. The Hall–Kier alpha value is -2.68. The fourth-order valence-electron chi connectivity index (χ4n) is 5.13. The highest BCUT2D eigenvalue weighted by molar-refractivity contribution is 7.18. The molecule has 1 aromatic carbocycles. The van der Waals surface area contributed by atoms with Crippen molar-refractivity contribution in [2.45, 2.75) is 37.8 Å². The van der Waals surface area contributed by atoms with Crippen molar-refractivity contribution in [3.8, 4) is 5.75 Å². The van der Waals surface area contributed by atoms with Gasteiger partial charge in [0.05, 0.1) is 28.3 Å². The molecule has 1 amide bonds. The van der Waals surface area contributed by atoms with Crippen LogP contribution in [0.25, 0.3) is 0 Å². The maximum atomic E-state index is 14.1. The van der Waals surface area contributed by atoms with Crippen LogP contribution in [0.4, 0.5) is 0 Å². The molecular weight excluding hydrogens is 506 g/mol. The number of amides is 1. The van der Waals surface area contributed by atoms with Gasteiger partial charge in [-0.3, -0.25) is 9.59 Å². The molecule has 9 heteroatoms. The molecule has 3 aromatic rings. The molecule has 0 radical (unpaired) electrons. The molecular formula is C26H24ClNO5S2. The number of carboxylic acid groups (broad SMARTS) is 1. The maximum absolute atomic E-state index is 14.1. The van der Waals surface area contributed by atoms with Gasteiger partial charge < -0.3 is 14.7 Å². The lowest BCUT2D eigenvalue weighted by molar-refractivity contribution is -0.150. The predicted molar refractivity (Wildman–Crippen MR) is 136 cm³/mol. The first kappa shape index (κ1) is 24.0. The van der Waals surface area contributed by atoms with Crippen LogP contribution in [-0.2, 0) is 9.59 Å². The number of carbonyl (C=O) groups excluding carboxylic acids is 2. The minimum atomic E-state index is -1.19. The van der Waals surface area contributed by atoms with Crippen LogP contribution in [0, 0.1) is 18.8 Å². The number of aryl methyl sites for hydroxylation is 1. The van der Waals surface area contributed by atoms with Gasteiger partial charge in [-0.1, -0.05) is 23.7 Å². The minimum absolute atomic E-state index is 0.192. The zero-order chi connectivity index (χ0) is 24.9. The number of Topliss-reactive ketones (excluding diaryl/α,β-unsaturated/α-hetero) is 1. The summed E-state index contributed by atoms with van der Waals surface area (Å²) in [6, 6.07) is 10.6. The topological polar surface area (TPSA) is 83.9 Å². The summed E-state index contributed by atoms with van der Waals surface area (Å²) in [6.07, 6.45) is 1.47. The number of carboxylic acids is 1. The number of aliphatic carboxylic acids is 1. The standard InChI is InChI=1S/C26H24ClNO5S2/c1-13-10-11-34-24(13)21-20(23(29)17-8-9-18(27)35-17)19(15-4-3-5-16(12-15)33-2)22(26(31)32)28(21)25(30)14-6-7-14/h3-5,8-12,14,19-22H,6-7H2,1-2H3,(H,31,32). The molecule has 2 fully saturated rings. The molecule has 4 unspecified atom stereocenters. The van der Waals surface area contributed by atoms with Gasteiger partial charge in [-0.15, -0.1) is 22.7 Å². The Morgan fingerprint density at radius 2 is 1.91 bits per heavy atom. The molecule has 5 rings (SSSR count). The van der Waals surface area contributed by atoms with E-state index in [4.69, 9.17) is 16.3 Å². The lowest BCUT2D eigenvalue weighted by Gasteiger charge is -2.30. The Balaban J connectivity index is 1.75. The van der Waals surface area contributed by atoms with E-state index in [0.717, 1.165) is 23.3 Å². The molecule has 1 aliphatic carbocycles. The summed E-state index contributed by atoms with van der Waals surface area (Å²) in [5, 5.41) is 12.4. The van der Waals surface area contributed by atoms with Gasteiger partial charge in [0.25, 0.3) is 0 Å². The molecule has 1 aliphatic heterocycles. The predicted octanol–water partition coefficient (Wildman–Crippen LogP) is 5.81. The minimum Gasteiger partial charge on any atom is -0.497 e. The highest BCUT2D eigenvalue weighted by atomic mass is 35.5. The first-order valence-electron chi connectivity index (χ1n) is 11.3. The molecule has 1 N–H and O–H groups in total. The molecule has 182 valence electrons. The number of benzene rings is 1. The van der Waals surface area contributed by atoms with Gasteiger partial charge in [-0.2, -0.15) is 0 Å². The quantitative estimate of drug-likeness (QED) is 0.390. The van der Waals surface area contributed by atoms with Crippen LogP contribution in [0.15, 0.2) is 47.8 Å². The van der Waals surface area contributed by atoms with E-state index in [1.807, 2.05) is 24.4 Å². The van der Waals surface area contributed by atoms with Crippen molar-refractivity contribution in [1.82, 2.24) is 4.90 Å². The van der Waals surface area contributed by atoms with Crippen LogP contribution in [0.1, 0.15) is 50.5 Å². The average molecular weight is 530 g/mol. The number of methoxy groups -OCH3 is 1. The van der Waals surface area contributed by atoms with Crippen LogP contribution >= 0.6 is 34.3 Å². The van der Waals surface area contributed by atoms with Crippen molar-refractivity contribution in [2.75, 3.05) is 7.11 Å². The Morgan fingerprint density at radius 1 is 1.14 bits per heavy atom. The van der Waals surface area contributed by atoms with Gasteiger partial charge in [-0.25, -0.2) is 4.79 Å². The van der Waals surface area contributed by atoms with E-state index in [2.05, 4.69) is 0 Å². The molecule has 2 aliphatic rings. The van der Waals surface area contributed by atoms with E-state index in [1.54, 1.807) is 37.4 Å². The fourth-order valence-corrected chi connectivity index (χ4v) is 7.24. The summed E-state index contributed by atoms with van der Waals surface area (Å²) < 4.78 is 5.89. The lowest BCUT2D eigenvalue weighted by Crippen LogP contribution is -2.44. The molecule has 1 saturated heterocycles. The summed E-state index contributed by atoms with van der Waals surface area (Å²) in [7, 11) is 1.54. The number of nitrogens with zero attached hydrogens (tertiary/aromatic N) is 1. The third-order valence-corrected chi connectivity index (χ3v) is 9.20. The summed E-state index contributed by atoms with van der Waals surface area (Å²) >= 11 is 8.79. The smallest absolute Gasteiger partial charge is 0.327 e. The van der Waals surface area contributed by atoms with Crippen LogP contribution in [0.2, 0.25) is 4.34 Å². The fraction of sp³-hybridized carbons (Fsp3) is 0.346. The lowest BCUT2D eigenvalue weighted by atomic mass is 9.78. The maximum Gasteiger partial charge on any atom is 0.327 e. The summed E-state index contributed by atoms with van der Waals surface area (Å²) in [5.74, 6) is -2.70. The van der Waals surface area contributed by atoms with E-state index < -0.39 is 29.9 Å². The number of rotatable bonds is 7. The van der Waals surface area contributed by atoms with Gasteiger partial charge in [0.1, 0.15) is 11.8 Å². The van der Waals surface area contributed by atoms with Crippen LogP contribution in [-0.4, -0.2) is 40.8 Å². The molecule has 2 aromatic heterocycles. The number of thiophene rings is 2. The highest BCUT2D eigenvalue weighted by Crippen LogP contribution is 2.55. The molecule has 0 spiro atoms. The molecule has 35 heavy (non-hydrogen) atoms. The van der Waals surface area contributed by atoms with Gasteiger partial charge in [0.2, 0.25) is 5.91 Å². The van der Waals surface area contributed by atoms with Crippen molar-refractivity contribution in [3.05, 3.63) is 73.1 Å². The molecule has 1 saturated carbocycles. The Bertz CT molecular complexity index is 1300. The van der Waals surface area contributed by atoms with E-state index in [-0.39, 0.29) is 17.6 Å². The number of hydrogen-bond donors (Lipinski definition) is 1. The van der Waals surface area contributed by atoms with Crippen molar-refractivity contribution in [2.24, 2.45) is 11.8 Å². The van der Waals surface area contributed by atoms with Crippen LogP contribution in [0.5, 0.6) is 5.75 Å². The van der Waals surface area contributed by atoms with E-state index in [9.17, 15) is 19.5 Å². The Labute approximate surface area is 216 Å². The second-order valence-corrected chi connectivity index (χ2v) is 11.7. The van der Waals surface area contributed by atoms with Gasteiger partial charge in [0, 0.05) is 16.7 Å². The van der Waals surface area contributed by atoms with Gasteiger partial charge in [-0.05, 0) is 66.6 Å². The average Bonchev–Trinajstić information content (AvgIpc) is 3.31. The number of halogens is 1. The number of likely N-dealkylation sites (tertiary alicyclic amines) is 1. The second-order valence-electron chi connectivity index (χ2n) is 9.01. The second kappa shape index (κ2) is 9.41. The zero-order valence-corrected chi connectivity index (χ0v) is 21.5. The van der Waals surface area contributed by atoms with Gasteiger partial charge in [0.15, 0.2) is 5.78 Å². The number of ether oxygens (including phenoxy) is 1. The SMILES string of the molecule is COc1cccc(C2C(C(=O)c3ccc(Cl)s3)C(c3sccc3C)N(C(=O)C3CC3)C2C(=O)O)c1. The summed E-state index contributed by atoms with van der Waals surface area (Å²) in [6.45, 7) is 1.93. The van der Waals surface area contributed by atoms with Crippen molar-refractivity contribution >= 4 is 51.9 Å².